The molecule has 1 saturated heterocycles. The van der Waals surface area contributed by atoms with Gasteiger partial charge in [-0.2, -0.15) is 0 Å². The third-order valence-electron chi connectivity index (χ3n) is 2.33. The van der Waals surface area contributed by atoms with Gasteiger partial charge in [-0.05, 0) is 18.3 Å². The zero-order chi connectivity index (χ0) is 10.6. The number of halogens is 1. The number of rotatable bonds is 4. The molecule has 1 fully saturated rings. The highest BCUT2D eigenvalue weighted by Gasteiger charge is 2.25. The first-order chi connectivity index (χ1) is 6.55. The van der Waals surface area contributed by atoms with Crippen molar-refractivity contribution in [3.8, 4) is 0 Å². The summed E-state index contributed by atoms with van der Waals surface area (Å²) in [5.41, 5.74) is -0.0458. The minimum atomic E-state index is -0.235. The Morgan fingerprint density at radius 3 is 2.86 bits per heavy atom. The van der Waals surface area contributed by atoms with Gasteiger partial charge in [0.15, 0.2) is 0 Å². The summed E-state index contributed by atoms with van der Waals surface area (Å²) in [5, 5.41) is 2.87. The van der Waals surface area contributed by atoms with Crippen LogP contribution < -0.4 is 5.32 Å². The van der Waals surface area contributed by atoms with E-state index in [1.54, 1.807) is 0 Å². The monoisotopic (exact) mass is 219 g/mol. The van der Waals surface area contributed by atoms with Crippen LogP contribution in [0.4, 0.5) is 0 Å². The molecule has 0 aliphatic carbocycles. The van der Waals surface area contributed by atoms with Crippen molar-refractivity contribution in [3.05, 3.63) is 0 Å². The van der Waals surface area contributed by atoms with Crippen LogP contribution in [0.25, 0.3) is 0 Å². The standard InChI is InChI=1S/C10H18ClNO2/c1-10(2,6-11)7-12-9(13)8-4-3-5-14-8/h8H,3-7H2,1-2H3,(H,12,13). The molecule has 3 nitrogen and oxygen atoms in total. The number of alkyl halides is 1. The minimum absolute atomic E-state index is 0.000640. The number of ether oxygens (including phenoxy) is 1. The Hall–Kier alpha value is -0.280. The van der Waals surface area contributed by atoms with Gasteiger partial charge >= 0.3 is 0 Å². The molecule has 0 bridgehead atoms. The topological polar surface area (TPSA) is 38.3 Å². The summed E-state index contributed by atoms with van der Waals surface area (Å²) >= 11 is 5.75. The fourth-order valence-corrected chi connectivity index (χ4v) is 1.37. The van der Waals surface area contributed by atoms with Crippen LogP contribution in [0.2, 0.25) is 0 Å². The zero-order valence-electron chi connectivity index (χ0n) is 8.81. The lowest BCUT2D eigenvalue weighted by Gasteiger charge is -2.22. The van der Waals surface area contributed by atoms with E-state index in [0.717, 1.165) is 12.8 Å². The van der Waals surface area contributed by atoms with Gasteiger partial charge in [0.05, 0.1) is 0 Å². The normalized spacial score (nSPS) is 22.4. The van der Waals surface area contributed by atoms with Gasteiger partial charge in [0.25, 0.3) is 0 Å². The van der Waals surface area contributed by atoms with Crippen LogP contribution in [-0.2, 0) is 9.53 Å². The van der Waals surface area contributed by atoms with Crippen LogP contribution in [0.1, 0.15) is 26.7 Å². The van der Waals surface area contributed by atoms with E-state index >= 15 is 0 Å². The predicted octanol–water partition coefficient (Wildman–Crippen LogP) is 1.55. The summed E-state index contributed by atoms with van der Waals surface area (Å²) in [6.45, 7) is 5.36. The third kappa shape index (κ3) is 3.46. The maximum atomic E-state index is 11.5. The lowest BCUT2D eigenvalue weighted by atomic mass is 9.96. The van der Waals surface area contributed by atoms with Crippen LogP contribution in [0.3, 0.4) is 0 Å². The molecule has 1 N–H and O–H groups in total. The van der Waals surface area contributed by atoms with Crippen molar-refractivity contribution in [1.29, 1.82) is 0 Å². The molecular weight excluding hydrogens is 202 g/mol. The molecule has 1 amide bonds. The lowest BCUT2D eigenvalue weighted by Crippen LogP contribution is -2.40. The number of carbonyl (C=O) groups is 1. The van der Waals surface area contributed by atoms with E-state index in [9.17, 15) is 4.79 Å². The van der Waals surface area contributed by atoms with Crippen LogP contribution in [0, 0.1) is 5.41 Å². The number of amides is 1. The second-order valence-corrected chi connectivity index (χ2v) is 4.78. The molecule has 14 heavy (non-hydrogen) atoms. The SMILES string of the molecule is CC(C)(CCl)CNC(=O)C1CCCO1. The van der Waals surface area contributed by atoms with Gasteiger partial charge in [0.1, 0.15) is 6.10 Å². The van der Waals surface area contributed by atoms with E-state index in [1.807, 2.05) is 13.8 Å². The molecule has 0 spiro atoms. The van der Waals surface area contributed by atoms with Crippen molar-refractivity contribution in [1.82, 2.24) is 5.32 Å². The number of hydrogen-bond donors (Lipinski definition) is 1. The van der Waals surface area contributed by atoms with Gasteiger partial charge in [-0.3, -0.25) is 4.79 Å². The molecular formula is C10H18ClNO2. The Morgan fingerprint density at radius 2 is 2.36 bits per heavy atom. The van der Waals surface area contributed by atoms with Crippen LogP contribution in [-0.4, -0.2) is 31.0 Å². The van der Waals surface area contributed by atoms with E-state index in [2.05, 4.69) is 5.32 Å². The summed E-state index contributed by atoms with van der Waals surface area (Å²) in [4.78, 5) is 11.5. The zero-order valence-corrected chi connectivity index (χ0v) is 9.56. The Balaban J connectivity index is 2.27. The van der Waals surface area contributed by atoms with E-state index < -0.39 is 0 Å². The Morgan fingerprint density at radius 1 is 1.64 bits per heavy atom. The minimum Gasteiger partial charge on any atom is -0.368 e. The number of hydrogen-bond acceptors (Lipinski definition) is 2. The van der Waals surface area contributed by atoms with Gasteiger partial charge in [0, 0.05) is 19.0 Å². The van der Waals surface area contributed by atoms with E-state index in [1.165, 1.54) is 0 Å². The van der Waals surface area contributed by atoms with E-state index in [0.29, 0.717) is 19.0 Å². The fraction of sp³-hybridized carbons (Fsp3) is 0.900. The first-order valence-corrected chi connectivity index (χ1v) is 5.54. The van der Waals surface area contributed by atoms with Gasteiger partial charge in [-0.25, -0.2) is 0 Å². The smallest absolute Gasteiger partial charge is 0.249 e. The molecule has 1 aliphatic rings. The molecule has 82 valence electrons. The number of nitrogens with one attached hydrogen (secondary N) is 1. The van der Waals surface area contributed by atoms with Crippen molar-refractivity contribution in [2.24, 2.45) is 5.41 Å². The van der Waals surface area contributed by atoms with Crippen LogP contribution in [0.5, 0.6) is 0 Å². The third-order valence-corrected chi connectivity index (χ3v) is 3.05. The molecule has 1 aliphatic heterocycles. The molecule has 0 aromatic rings. The van der Waals surface area contributed by atoms with Crippen LogP contribution in [0.15, 0.2) is 0 Å². The highest BCUT2D eigenvalue weighted by atomic mass is 35.5. The maximum Gasteiger partial charge on any atom is 0.249 e. The summed E-state index contributed by atoms with van der Waals surface area (Å²) in [7, 11) is 0. The van der Waals surface area contributed by atoms with Gasteiger partial charge in [-0.15, -0.1) is 11.6 Å². The molecule has 1 heterocycles. The number of carbonyl (C=O) groups excluding carboxylic acids is 1. The summed E-state index contributed by atoms with van der Waals surface area (Å²) in [5.74, 6) is 0.541. The molecule has 0 radical (unpaired) electrons. The average Bonchev–Trinajstić information content (AvgIpc) is 2.67. The summed E-state index contributed by atoms with van der Waals surface area (Å²) < 4.78 is 5.27. The maximum absolute atomic E-state index is 11.5. The molecule has 1 unspecified atom stereocenters. The lowest BCUT2D eigenvalue weighted by molar-refractivity contribution is -0.130. The van der Waals surface area contributed by atoms with Crippen molar-refractivity contribution < 1.29 is 9.53 Å². The fourth-order valence-electron chi connectivity index (χ4n) is 1.27. The van der Waals surface area contributed by atoms with Crippen molar-refractivity contribution in [2.75, 3.05) is 19.0 Å². The van der Waals surface area contributed by atoms with E-state index in [-0.39, 0.29) is 17.4 Å². The van der Waals surface area contributed by atoms with Crippen molar-refractivity contribution in [3.63, 3.8) is 0 Å². The highest BCUT2D eigenvalue weighted by Crippen LogP contribution is 2.16. The average molecular weight is 220 g/mol. The largest absolute Gasteiger partial charge is 0.368 e. The van der Waals surface area contributed by atoms with Crippen molar-refractivity contribution >= 4 is 17.5 Å². The molecule has 0 saturated carbocycles. The van der Waals surface area contributed by atoms with Gasteiger partial charge < -0.3 is 10.1 Å². The first kappa shape index (κ1) is 11.8. The van der Waals surface area contributed by atoms with Gasteiger partial charge in [0.2, 0.25) is 5.91 Å². The summed E-state index contributed by atoms with van der Waals surface area (Å²) in [6.07, 6.45) is 1.59. The molecule has 0 aromatic carbocycles. The predicted molar refractivity (Wildman–Crippen MR) is 56.5 cm³/mol. The Kier molecular flexibility index (Phi) is 4.20. The quantitative estimate of drug-likeness (QED) is 0.729. The Bertz CT molecular complexity index is 200. The molecule has 4 heteroatoms. The molecule has 1 atom stereocenters. The second kappa shape index (κ2) is 4.99. The first-order valence-electron chi connectivity index (χ1n) is 5.00. The Labute approximate surface area is 90.1 Å². The van der Waals surface area contributed by atoms with Crippen molar-refractivity contribution in [2.45, 2.75) is 32.8 Å². The molecule has 0 aromatic heterocycles. The van der Waals surface area contributed by atoms with Gasteiger partial charge in [-0.1, -0.05) is 13.8 Å². The highest BCUT2D eigenvalue weighted by molar-refractivity contribution is 6.18. The summed E-state index contributed by atoms with van der Waals surface area (Å²) in [6, 6.07) is 0. The second-order valence-electron chi connectivity index (χ2n) is 4.52. The molecule has 1 rings (SSSR count). The van der Waals surface area contributed by atoms with E-state index in [4.69, 9.17) is 16.3 Å². The van der Waals surface area contributed by atoms with Crippen LogP contribution >= 0.6 is 11.6 Å².